The number of methoxy groups -OCH3 is 2. The number of esters is 1. The molecule has 1 aliphatic rings. The highest BCUT2D eigenvalue weighted by Gasteiger charge is 2.25. The van der Waals surface area contributed by atoms with Crippen LogP contribution >= 0.6 is 0 Å². The summed E-state index contributed by atoms with van der Waals surface area (Å²) in [5.41, 5.74) is 2.02. The van der Waals surface area contributed by atoms with Gasteiger partial charge in [-0.3, -0.25) is 9.59 Å². The maximum Gasteiger partial charge on any atom is 0.309 e. The molecule has 10 nitrogen and oxygen atoms in total. The second-order valence-corrected chi connectivity index (χ2v) is 8.83. The lowest BCUT2D eigenvalue weighted by molar-refractivity contribution is -0.139. The van der Waals surface area contributed by atoms with E-state index in [9.17, 15) is 9.59 Å². The summed E-state index contributed by atoms with van der Waals surface area (Å²) in [5, 5.41) is 6.57. The Kier molecular flexibility index (Phi) is 9.98. The predicted molar refractivity (Wildman–Crippen MR) is 147 cm³/mol. The molecule has 0 spiro atoms. The Morgan fingerprint density at radius 1 is 1.13 bits per heavy atom. The molecule has 3 aromatic rings. The second kappa shape index (κ2) is 14.0. The number of nitrogens with zero attached hydrogens (tertiary/aromatic N) is 3. The summed E-state index contributed by atoms with van der Waals surface area (Å²) in [7, 11) is 2.95. The molecule has 0 radical (unpaired) electrons. The minimum Gasteiger partial charge on any atom is -0.497 e. The molecule has 1 aliphatic heterocycles. The smallest absolute Gasteiger partial charge is 0.309 e. The second-order valence-electron chi connectivity index (χ2n) is 8.83. The number of morpholine rings is 1. The van der Waals surface area contributed by atoms with E-state index in [1.807, 2.05) is 54.6 Å². The molecule has 10 heteroatoms. The minimum absolute atomic E-state index is 0.126. The first kappa shape index (κ1) is 27.7. The fourth-order valence-electron chi connectivity index (χ4n) is 4.00. The number of nitrogens with one attached hydrogen (secondary N) is 2. The number of ether oxygens (including phenoxy) is 3. The van der Waals surface area contributed by atoms with Crippen molar-refractivity contribution >= 4 is 23.4 Å². The normalized spacial score (nSPS) is 15.1. The van der Waals surface area contributed by atoms with E-state index in [1.165, 1.54) is 7.11 Å². The topological polar surface area (TPSA) is 115 Å². The van der Waals surface area contributed by atoms with E-state index >= 15 is 0 Å². The highest BCUT2D eigenvalue weighted by molar-refractivity contribution is 5.99. The number of amides is 1. The highest BCUT2D eigenvalue weighted by Crippen LogP contribution is 2.25. The molecule has 4 rings (SSSR count). The quantitative estimate of drug-likeness (QED) is 0.283. The van der Waals surface area contributed by atoms with Gasteiger partial charge in [0.25, 0.3) is 5.91 Å². The van der Waals surface area contributed by atoms with Crippen LogP contribution in [0, 0.1) is 0 Å². The standard InChI is InChI=1S/C29H33N5O5/c1-37-23-13-11-22(12-14-23)32-27-24(18-31-28(33-27)25-19-30-15-17-39-25)29(36)34(16-7-6-10-26(35)38-2)20-21-8-4-3-5-9-21/h3-9,11-14,18,25,30H,10,15-17,19-20H2,1-2H3,(H,31,32,33)/b7-6+. The summed E-state index contributed by atoms with van der Waals surface area (Å²) in [6.45, 7) is 2.55. The Bertz CT molecular complexity index is 1260. The lowest BCUT2D eigenvalue weighted by atomic mass is 10.1. The van der Waals surface area contributed by atoms with Crippen LogP contribution in [0.1, 0.15) is 34.3 Å². The van der Waals surface area contributed by atoms with Gasteiger partial charge in [0.15, 0.2) is 5.82 Å². The zero-order chi connectivity index (χ0) is 27.5. The van der Waals surface area contributed by atoms with Crippen LogP contribution in [0.2, 0.25) is 0 Å². The van der Waals surface area contributed by atoms with Gasteiger partial charge in [0, 0.05) is 38.1 Å². The van der Waals surface area contributed by atoms with Crippen molar-refractivity contribution in [1.82, 2.24) is 20.2 Å². The molecule has 1 amide bonds. The van der Waals surface area contributed by atoms with Crippen LogP contribution in [-0.2, 0) is 20.8 Å². The highest BCUT2D eigenvalue weighted by atomic mass is 16.5. The molecule has 0 saturated carbocycles. The van der Waals surface area contributed by atoms with Crippen LogP contribution in [0.25, 0.3) is 0 Å². The number of benzene rings is 2. The molecule has 1 aromatic heterocycles. The van der Waals surface area contributed by atoms with E-state index in [1.54, 1.807) is 30.4 Å². The lowest BCUT2D eigenvalue weighted by Crippen LogP contribution is -2.35. The van der Waals surface area contributed by atoms with E-state index in [2.05, 4.69) is 15.6 Å². The lowest BCUT2D eigenvalue weighted by Gasteiger charge is -2.25. The van der Waals surface area contributed by atoms with Crippen LogP contribution in [0.15, 0.2) is 72.9 Å². The van der Waals surface area contributed by atoms with Crippen molar-refractivity contribution in [3.63, 3.8) is 0 Å². The number of hydrogen-bond donors (Lipinski definition) is 2. The Labute approximate surface area is 228 Å². The van der Waals surface area contributed by atoms with Crippen LogP contribution < -0.4 is 15.4 Å². The average Bonchev–Trinajstić information content (AvgIpc) is 2.99. The fourth-order valence-corrected chi connectivity index (χ4v) is 4.00. The van der Waals surface area contributed by atoms with Gasteiger partial charge in [-0.25, -0.2) is 9.97 Å². The van der Waals surface area contributed by atoms with Gasteiger partial charge in [0.1, 0.15) is 23.2 Å². The molecule has 1 saturated heterocycles. The molecule has 0 bridgehead atoms. The number of rotatable bonds is 11. The third kappa shape index (κ3) is 7.86. The average molecular weight is 532 g/mol. The van der Waals surface area contributed by atoms with Crippen LogP contribution in [0.5, 0.6) is 5.75 Å². The first-order valence-electron chi connectivity index (χ1n) is 12.7. The first-order valence-corrected chi connectivity index (χ1v) is 12.7. The van der Waals surface area contributed by atoms with Crippen molar-refractivity contribution in [3.05, 3.63) is 89.9 Å². The molecule has 1 fully saturated rings. The number of carbonyl (C=O) groups excluding carboxylic acids is 2. The van der Waals surface area contributed by atoms with Gasteiger partial charge in [0.05, 0.1) is 27.2 Å². The fraction of sp³-hybridized carbons (Fsp3) is 0.310. The van der Waals surface area contributed by atoms with Gasteiger partial charge in [-0.15, -0.1) is 0 Å². The van der Waals surface area contributed by atoms with Crippen LogP contribution in [-0.4, -0.2) is 67.2 Å². The summed E-state index contributed by atoms with van der Waals surface area (Å²) < 4.78 is 15.8. The van der Waals surface area contributed by atoms with Gasteiger partial charge in [0.2, 0.25) is 0 Å². The largest absolute Gasteiger partial charge is 0.497 e. The molecule has 1 atom stereocenters. The molecule has 2 aromatic carbocycles. The van der Waals surface area contributed by atoms with Crippen LogP contribution in [0.3, 0.4) is 0 Å². The van der Waals surface area contributed by atoms with Crippen molar-refractivity contribution in [1.29, 1.82) is 0 Å². The van der Waals surface area contributed by atoms with Crippen molar-refractivity contribution in [2.24, 2.45) is 0 Å². The summed E-state index contributed by atoms with van der Waals surface area (Å²) in [6.07, 6.45) is 4.83. The molecular formula is C29H33N5O5. The van der Waals surface area contributed by atoms with E-state index < -0.39 is 0 Å². The third-order valence-electron chi connectivity index (χ3n) is 6.11. The third-order valence-corrected chi connectivity index (χ3v) is 6.11. The Morgan fingerprint density at radius 3 is 2.62 bits per heavy atom. The van der Waals surface area contributed by atoms with Crippen LogP contribution in [0.4, 0.5) is 11.5 Å². The Morgan fingerprint density at radius 2 is 1.92 bits per heavy atom. The van der Waals surface area contributed by atoms with Crippen molar-refractivity contribution in [3.8, 4) is 5.75 Å². The number of anilines is 2. The predicted octanol–water partition coefficient (Wildman–Crippen LogP) is 3.65. The zero-order valence-corrected chi connectivity index (χ0v) is 22.1. The molecule has 0 aliphatic carbocycles. The van der Waals surface area contributed by atoms with Gasteiger partial charge < -0.3 is 29.7 Å². The molecule has 1 unspecified atom stereocenters. The van der Waals surface area contributed by atoms with Gasteiger partial charge >= 0.3 is 5.97 Å². The van der Waals surface area contributed by atoms with Crippen molar-refractivity contribution in [2.45, 2.75) is 19.1 Å². The number of aromatic nitrogens is 2. The number of carbonyl (C=O) groups is 2. The summed E-state index contributed by atoms with van der Waals surface area (Å²) in [5.74, 6) is 0.978. The van der Waals surface area contributed by atoms with Gasteiger partial charge in [-0.2, -0.15) is 0 Å². The molecule has 39 heavy (non-hydrogen) atoms. The molecule has 2 heterocycles. The molecular weight excluding hydrogens is 498 g/mol. The minimum atomic E-state index is -0.346. The Balaban J connectivity index is 1.65. The SMILES string of the molecule is COC(=O)C/C=C/CN(Cc1ccccc1)C(=O)c1cnc(C2CNCCO2)nc1Nc1ccc(OC)cc1. The first-order chi connectivity index (χ1) is 19.1. The van der Waals surface area contributed by atoms with E-state index in [0.29, 0.717) is 36.9 Å². The zero-order valence-electron chi connectivity index (χ0n) is 22.1. The van der Waals surface area contributed by atoms with E-state index in [0.717, 1.165) is 23.5 Å². The summed E-state index contributed by atoms with van der Waals surface area (Å²) in [4.78, 5) is 36.4. The maximum atomic E-state index is 13.9. The summed E-state index contributed by atoms with van der Waals surface area (Å²) in [6, 6.07) is 17.1. The summed E-state index contributed by atoms with van der Waals surface area (Å²) >= 11 is 0. The van der Waals surface area contributed by atoms with E-state index in [-0.39, 0.29) is 30.9 Å². The van der Waals surface area contributed by atoms with Crippen molar-refractivity contribution < 1.29 is 23.8 Å². The monoisotopic (exact) mass is 531 g/mol. The molecule has 2 N–H and O–H groups in total. The van der Waals surface area contributed by atoms with Gasteiger partial charge in [-0.1, -0.05) is 42.5 Å². The van der Waals surface area contributed by atoms with Gasteiger partial charge in [-0.05, 0) is 29.8 Å². The molecule has 204 valence electrons. The number of hydrogen-bond acceptors (Lipinski definition) is 9. The van der Waals surface area contributed by atoms with E-state index in [4.69, 9.17) is 19.2 Å². The Hall–Kier alpha value is -4.28. The maximum absolute atomic E-state index is 13.9. The van der Waals surface area contributed by atoms with Crippen molar-refractivity contribution in [2.75, 3.05) is 45.8 Å².